The maximum absolute atomic E-state index is 6.04. The van der Waals surface area contributed by atoms with Crippen molar-refractivity contribution in [1.29, 1.82) is 0 Å². The second-order valence-corrected chi connectivity index (χ2v) is 5.28. The van der Waals surface area contributed by atoms with Crippen LogP contribution in [0.5, 0.6) is 0 Å². The van der Waals surface area contributed by atoms with Crippen LogP contribution in [0.15, 0.2) is 41.6 Å². The summed E-state index contributed by atoms with van der Waals surface area (Å²) in [5.74, 6) is 0.799. The van der Waals surface area contributed by atoms with Crippen LogP contribution in [0.1, 0.15) is 5.56 Å². The van der Waals surface area contributed by atoms with E-state index in [1.54, 1.807) is 24.0 Å². The molecule has 0 bridgehead atoms. The zero-order valence-electron chi connectivity index (χ0n) is 8.86. The average Bonchev–Trinajstić information content (AvgIpc) is 2.30. The monoisotopic (exact) mass is 284 g/mol. The van der Waals surface area contributed by atoms with Crippen molar-refractivity contribution >= 4 is 40.7 Å². The van der Waals surface area contributed by atoms with Crippen molar-refractivity contribution in [2.45, 2.75) is 10.8 Å². The van der Waals surface area contributed by atoms with E-state index in [4.69, 9.17) is 28.9 Å². The van der Waals surface area contributed by atoms with Crippen molar-refractivity contribution in [2.75, 3.05) is 5.73 Å². The molecule has 2 N–H and O–H groups in total. The van der Waals surface area contributed by atoms with Crippen LogP contribution in [0, 0.1) is 0 Å². The summed E-state index contributed by atoms with van der Waals surface area (Å²) in [6.45, 7) is 0. The van der Waals surface area contributed by atoms with Gasteiger partial charge in [0.15, 0.2) is 0 Å². The smallest absolute Gasteiger partial charge is 0.115 e. The van der Waals surface area contributed by atoms with E-state index in [0.717, 1.165) is 15.8 Å². The molecule has 0 atom stereocenters. The van der Waals surface area contributed by atoms with Crippen molar-refractivity contribution in [3.05, 3.63) is 52.1 Å². The van der Waals surface area contributed by atoms with Gasteiger partial charge in [0.2, 0.25) is 0 Å². The van der Waals surface area contributed by atoms with E-state index in [9.17, 15) is 0 Å². The topological polar surface area (TPSA) is 38.9 Å². The molecule has 5 heteroatoms. The molecular weight excluding hydrogens is 275 g/mol. The Labute approximate surface area is 114 Å². The number of rotatable bonds is 3. The third kappa shape index (κ3) is 3.53. The van der Waals surface area contributed by atoms with Crippen LogP contribution in [0.3, 0.4) is 0 Å². The Bertz CT molecular complexity index is 514. The minimum atomic E-state index is 0.575. The number of hydrogen-bond donors (Lipinski definition) is 1. The van der Waals surface area contributed by atoms with Gasteiger partial charge < -0.3 is 5.73 Å². The molecule has 0 aliphatic rings. The molecule has 0 amide bonds. The Kier molecular flexibility index (Phi) is 4.15. The molecule has 0 aliphatic heterocycles. The summed E-state index contributed by atoms with van der Waals surface area (Å²) in [6.07, 6.45) is 1.61. The van der Waals surface area contributed by atoms with Gasteiger partial charge in [0.25, 0.3) is 0 Å². The van der Waals surface area contributed by atoms with Crippen LogP contribution >= 0.6 is 35.0 Å². The van der Waals surface area contributed by atoms with E-state index in [1.165, 1.54) is 5.56 Å². The van der Waals surface area contributed by atoms with Crippen molar-refractivity contribution in [2.24, 2.45) is 0 Å². The average molecular weight is 285 g/mol. The van der Waals surface area contributed by atoms with Crippen LogP contribution < -0.4 is 5.73 Å². The zero-order valence-corrected chi connectivity index (χ0v) is 11.2. The van der Waals surface area contributed by atoms with E-state index >= 15 is 0 Å². The minimum absolute atomic E-state index is 0.575. The summed E-state index contributed by atoms with van der Waals surface area (Å²) in [4.78, 5) is 4.19. The Hall–Kier alpha value is -0.900. The Morgan fingerprint density at radius 2 is 1.88 bits per heavy atom. The van der Waals surface area contributed by atoms with Crippen LogP contribution in [0.4, 0.5) is 5.69 Å². The molecule has 1 heterocycles. The molecule has 0 aliphatic carbocycles. The highest BCUT2D eigenvalue weighted by atomic mass is 35.5. The molecule has 0 radical (unpaired) electrons. The lowest BCUT2D eigenvalue weighted by Gasteiger charge is -2.04. The number of nitrogens with zero attached hydrogens (tertiary/aromatic N) is 1. The molecule has 2 rings (SSSR count). The number of halogens is 2. The normalized spacial score (nSPS) is 10.5. The van der Waals surface area contributed by atoms with Gasteiger partial charge in [0.1, 0.15) is 5.03 Å². The van der Waals surface area contributed by atoms with Crippen molar-refractivity contribution < 1.29 is 0 Å². The lowest BCUT2D eigenvalue weighted by atomic mass is 10.2. The number of benzene rings is 1. The molecular formula is C12H10Cl2N2S. The highest BCUT2D eigenvalue weighted by Crippen LogP contribution is 2.29. The number of pyridine rings is 1. The fourth-order valence-corrected chi connectivity index (χ4v) is 2.56. The van der Waals surface area contributed by atoms with E-state index in [1.807, 2.05) is 24.3 Å². The summed E-state index contributed by atoms with van der Waals surface area (Å²) in [5.41, 5.74) is 7.33. The summed E-state index contributed by atoms with van der Waals surface area (Å²) in [7, 11) is 0. The lowest BCUT2D eigenvalue weighted by molar-refractivity contribution is 1.13. The highest BCUT2D eigenvalue weighted by Gasteiger charge is 2.03. The molecule has 0 saturated carbocycles. The number of aromatic nitrogens is 1. The number of nitrogens with two attached hydrogens (primary N) is 1. The quantitative estimate of drug-likeness (QED) is 0.856. The molecule has 2 nitrogen and oxygen atoms in total. The third-order valence-corrected chi connectivity index (χ3v) is 3.85. The fourth-order valence-electron chi connectivity index (χ4n) is 1.28. The van der Waals surface area contributed by atoms with Gasteiger partial charge in [-0.3, -0.25) is 0 Å². The van der Waals surface area contributed by atoms with E-state index in [0.29, 0.717) is 10.7 Å². The first kappa shape index (κ1) is 12.6. The Balaban J connectivity index is 2.04. The minimum Gasteiger partial charge on any atom is -0.397 e. The van der Waals surface area contributed by atoms with Gasteiger partial charge >= 0.3 is 0 Å². The molecule has 1 aromatic heterocycles. The molecule has 88 valence electrons. The van der Waals surface area contributed by atoms with Gasteiger partial charge in [-0.05, 0) is 23.8 Å². The lowest BCUT2D eigenvalue weighted by Crippen LogP contribution is -1.89. The van der Waals surface area contributed by atoms with Gasteiger partial charge in [0, 0.05) is 10.8 Å². The first-order valence-corrected chi connectivity index (χ1v) is 6.67. The first-order chi connectivity index (χ1) is 8.15. The van der Waals surface area contributed by atoms with Crippen molar-refractivity contribution in [3.63, 3.8) is 0 Å². The standard InChI is InChI=1S/C12H10Cl2N2S/c13-9-3-1-8(2-4-9)7-17-12-11(14)5-10(15)6-16-12/h1-6H,7,15H2. The fraction of sp³-hybridized carbons (Fsp3) is 0.0833. The van der Waals surface area contributed by atoms with Gasteiger partial charge in [-0.25, -0.2) is 4.98 Å². The predicted octanol–water partition coefficient (Wildman–Crippen LogP) is 4.26. The van der Waals surface area contributed by atoms with E-state index in [2.05, 4.69) is 4.98 Å². The van der Waals surface area contributed by atoms with Crippen LogP contribution in [-0.4, -0.2) is 4.98 Å². The number of anilines is 1. The number of nitrogen functional groups attached to an aromatic ring is 1. The van der Waals surface area contributed by atoms with E-state index in [-0.39, 0.29) is 0 Å². The van der Waals surface area contributed by atoms with Crippen LogP contribution in [0.2, 0.25) is 10.0 Å². The first-order valence-electron chi connectivity index (χ1n) is 4.93. The molecule has 0 spiro atoms. The SMILES string of the molecule is Nc1cnc(SCc2ccc(Cl)cc2)c(Cl)c1. The molecule has 0 unspecified atom stereocenters. The van der Waals surface area contributed by atoms with Crippen LogP contribution in [-0.2, 0) is 5.75 Å². The van der Waals surface area contributed by atoms with E-state index < -0.39 is 0 Å². The van der Waals surface area contributed by atoms with Crippen LogP contribution in [0.25, 0.3) is 0 Å². The molecule has 0 fully saturated rings. The van der Waals surface area contributed by atoms with Gasteiger partial charge in [-0.15, -0.1) is 11.8 Å². The summed E-state index contributed by atoms with van der Waals surface area (Å²) < 4.78 is 0. The molecule has 2 aromatic rings. The predicted molar refractivity (Wildman–Crippen MR) is 74.7 cm³/mol. The number of thioether (sulfide) groups is 1. The molecule has 1 aromatic carbocycles. The zero-order chi connectivity index (χ0) is 12.3. The largest absolute Gasteiger partial charge is 0.397 e. The van der Waals surface area contributed by atoms with Gasteiger partial charge in [-0.1, -0.05) is 35.3 Å². The van der Waals surface area contributed by atoms with Crippen molar-refractivity contribution in [3.8, 4) is 0 Å². The maximum atomic E-state index is 6.04. The molecule has 0 saturated heterocycles. The van der Waals surface area contributed by atoms with Gasteiger partial charge in [0.05, 0.1) is 16.9 Å². The van der Waals surface area contributed by atoms with Gasteiger partial charge in [-0.2, -0.15) is 0 Å². The molecule has 17 heavy (non-hydrogen) atoms. The summed E-state index contributed by atoms with van der Waals surface area (Å²) >= 11 is 13.4. The van der Waals surface area contributed by atoms with Crippen molar-refractivity contribution in [1.82, 2.24) is 4.98 Å². The Morgan fingerprint density at radius 1 is 1.18 bits per heavy atom. The second kappa shape index (κ2) is 5.63. The second-order valence-electron chi connectivity index (χ2n) is 3.47. The number of hydrogen-bond acceptors (Lipinski definition) is 3. The maximum Gasteiger partial charge on any atom is 0.115 e. The Morgan fingerprint density at radius 3 is 2.53 bits per heavy atom. The third-order valence-electron chi connectivity index (χ3n) is 2.12. The summed E-state index contributed by atoms with van der Waals surface area (Å²) in [6, 6.07) is 9.42. The highest BCUT2D eigenvalue weighted by molar-refractivity contribution is 7.98. The summed E-state index contributed by atoms with van der Waals surface area (Å²) in [5, 5.41) is 2.11.